The summed E-state index contributed by atoms with van der Waals surface area (Å²) in [6.07, 6.45) is 1.31. The predicted octanol–water partition coefficient (Wildman–Crippen LogP) is 3.84. The van der Waals surface area contributed by atoms with Crippen LogP contribution < -0.4 is 5.32 Å². The molecule has 1 N–H and O–H groups in total. The van der Waals surface area contributed by atoms with Gasteiger partial charge in [0.05, 0.1) is 0 Å². The Morgan fingerprint density at radius 3 is 2.57 bits per heavy atom. The number of aryl methyl sites for hydroxylation is 1. The molecule has 1 saturated heterocycles. The summed E-state index contributed by atoms with van der Waals surface area (Å²) in [6, 6.07) is 9.41. The van der Waals surface area contributed by atoms with E-state index in [1.807, 2.05) is 0 Å². The smallest absolute Gasteiger partial charge is 0.0237 e. The first-order chi connectivity index (χ1) is 9.83. The summed E-state index contributed by atoms with van der Waals surface area (Å²) in [5.41, 5.74) is 3.25. The van der Waals surface area contributed by atoms with E-state index in [0.717, 1.165) is 19.0 Å². The van der Waals surface area contributed by atoms with Crippen molar-refractivity contribution in [2.24, 2.45) is 11.3 Å². The average Bonchev–Trinajstić information content (AvgIpc) is 2.38. The van der Waals surface area contributed by atoms with E-state index >= 15 is 0 Å². The van der Waals surface area contributed by atoms with Gasteiger partial charge in [-0.1, -0.05) is 52.0 Å². The van der Waals surface area contributed by atoms with E-state index in [0.29, 0.717) is 11.5 Å². The van der Waals surface area contributed by atoms with E-state index in [9.17, 15) is 0 Å². The molecule has 2 atom stereocenters. The fourth-order valence-electron chi connectivity index (χ4n) is 3.22. The van der Waals surface area contributed by atoms with Crippen LogP contribution in [-0.4, -0.2) is 30.6 Å². The molecule has 2 unspecified atom stereocenters. The highest BCUT2D eigenvalue weighted by atomic mass is 15.2. The van der Waals surface area contributed by atoms with Gasteiger partial charge in [-0.05, 0) is 35.8 Å². The Kier molecular flexibility index (Phi) is 5.45. The highest BCUT2D eigenvalue weighted by molar-refractivity contribution is 5.25. The number of likely N-dealkylation sites (tertiary alicyclic amines) is 1. The Labute approximate surface area is 130 Å². The zero-order chi connectivity index (χ0) is 15.5. The van der Waals surface area contributed by atoms with Crippen LogP contribution in [0.15, 0.2) is 24.3 Å². The standard InChI is InChI=1S/C19H32N2/c1-15-10-18(20-14-19(3,4)5)13-21(11-15)12-17-9-7-6-8-16(17)2/h6-9,15,18,20H,10-14H2,1-5H3. The minimum Gasteiger partial charge on any atom is -0.312 e. The van der Waals surface area contributed by atoms with Crippen LogP contribution in [-0.2, 0) is 6.54 Å². The number of nitrogens with zero attached hydrogens (tertiary/aromatic N) is 1. The van der Waals surface area contributed by atoms with Crippen LogP contribution in [0.25, 0.3) is 0 Å². The summed E-state index contributed by atoms with van der Waals surface area (Å²) in [7, 11) is 0. The van der Waals surface area contributed by atoms with Gasteiger partial charge in [0.25, 0.3) is 0 Å². The molecule has 1 aliphatic heterocycles. The highest BCUT2D eigenvalue weighted by Crippen LogP contribution is 2.21. The Hall–Kier alpha value is -0.860. The molecule has 1 aromatic carbocycles. The molecule has 0 aromatic heterocycles. The lowest BCUT2D eigenvalue weighted by Gasteiger charge is -2.38. The van der Waals surface area contributed by atoms with Crippen molar-refractivity contribution >= 4 is 0 Å². The molecule has 2 rings (SSSR count). The maximum Gasteiger partial charge on any atom is 0.0237 e. The fourth-order valence-corrected chi connectivity index (χ4v) is 3.22. The molecule has 118 valence electrons. The van der Waals surface area contributed by atoms with Gasteiger partial charge in [0.1, 0.15) is 0 Å². The Bertz CT molecular complexity index is 447. The van der Waals surface area contributed by atoms with Crippen molar-refractivity contribution in [3.63, 3.8) is 0 Å². The van der Waals surface area contributed by atoms with E-state index in [4.69, 9.17) is 0 Å². The first-order valence-electron chi connectivity index (χ1n) is 8.34. The van der Waals surface area contributed by atoms with Crippen LogP contribution in [0, 0.1) is 18.3 Å². The average molecular weight is 288 g/mol. The highest BCUT2D eigenvalue weighted by Gasteiger charge is 2.25. The van der Waals surface area contributed by atoms with Gasteiger partial charge in [0.15, 0.2) is 0 Å². The molecule has 2 nitrogen and oxygen atoms in total. The minimum absolute atomic E-state index is 0.363. The number of hydrogen-bond acceptors (Lipinski definition) is 2. The van der Waals surface area contributed by atoms with Crippen molar-refractivity contribution < 1.29 is 0 Å². The van der Waals surface area contributed by atoms with Gasteiger partial charge in [-0.25, -0.2) is 0 Å². The maximum atomic E-state index is 3.78. The zero-order valence-electron chi connectivity index (χ0n) is 14.4. The second-order valence-corrected chi connectivity index (χ2v) is 8.10. The van der Waals surface area contributed by atoms with Crippen molar-refractivity contribution in [3.8, 4) is 0 Å². The predicted molar refractivity (Wildman–Crippen MR) is 91.5 cm³/mol. The number of nitrogens with one attached hydrogen (secondary N) is 1. The fraction of sp³-hybridized carbons (Fsp3) is 0.684. The van der Waals surface area contributed by atoms with Crippen LogP contribution in [0.2, 0.25) is 0 Å². The lowest BCUT2D eigenvalue weighted by molar-refractivity contribution is 0.136. The van der Waals surface area contributed by atoms with Gasteiger partial charge in [-0.3, -0.25) is 4.90 Å². The van der Waals surface area contributed by atoms with Gasteiger partial charge in [0, 0.05) is 32.2 Å². The number of rotatable bonds is 4. The third-order valence-corrected chi connectivity index (χ3v) is 4.31. The van der Waals surface area contributed by atoms with Gasteiger partial charge in [-0.2, -0.15) is 0 Å². The number of benzene rings is 1. The Morgan fingerprint density at radius 1 is 1.19 bits per heavy atom. The molecular formula is C19H32N2. The van der Waals surface area contributed by atoms with Crippen molar-refractivity contribution in [2.45, 2.75) is 53.6 Å². The molecule has 0 saturated carbocycles. The van der Waals surface area contributed by atoms with E-state index in [2.05, 4.69) is 69.1 Å². The van der Waals surface area contributed by atoms with Crippen LogP contribution in [0.5, 0.6) is 0 Å². The van der Waals surface area contributed by atoms with Crippen molar-refractivity contribution in [1.29, 1.82) is 0 Å². The lowest BCUT2D eigenvalue weighted by Crippen LogP contribution is -2.49. The molecule has 1 aromatic rings. The van der Waals surface area contributed by atoms with E-state index in [-0.39, 0.29) is 0 Å². The van der Waals surface area contributed by atoms with E-state index < -0.39 is 0 Å². The van der Waals surface area contributed by atoms with Crippen LogP contribution >= 0.6 is 0 Å². The van der Waals surface area contributed by atoms with Crippen LogP contribution in [0.4, 0.5) is 0 Å². The largest absolute Gasteiger partial charge is 0.312 e. The third kappa shape index (κ3) is 5.44. The topological polar surface area (TPSA) is 15.3 Å². The summed E-state index contributed by atoms with van der Waals surface area (Å²) in [5.74, 6) is 0.778. The molecular weight excluding hydrogens is 256 g/mol. The Morgan fingerprint density at radius 2 is 1.90 bits per heavy atom. The van der Waals surface area contributed by atoms with Gasteiger partial charge in [0.2, 0.25) is 0 Å². The quantitative estimate of drug-likeness (QED) is 0.905. The van der Waals surface area contributed by atoms with Gasteiger partial charge < -0.3 is 5.32 Å². The summed E-state index contributed by atoms with van der Waals surface area (Å²) >= 11 is 0. The SMILES string of the molecule is Cc1ccccc1CN1CC(C)CC(NCC(C)(C)C)C1. The summed E-state index contributed by atoms with van der Waals surface area (Å²) in [5, 5.41) is 3.78. The third-order valence-electron chi connectivity index (χ3n) is 4.31. The Balaban J connectivity index is 1.93. The molecule has 0 aliphatic carbocycles. The summed E-state index contributed by atoms with van der Waals surface area (Å²) < 4.78 is 0. The van der Waals surface area contributed by atoms with Crippen molar-refractivity contribution in [1.82, 2.24) is 10.2 Å². The molecule has 21 heavy (non-hydrogen) atoms. The molecule has 2 heteroatoms. The molecule has 1 heterocycles. The molecule has 0 spiro atoms. The first kappa shape index (κ1) is 16.5. The van der Waals surface area contributed by atoms with Gasteiger partial charge in [-0.15, -0.1) is 0 Å². The minimum atomic E-state index is 0.363. The normalized spacial score (nSPS) is 24.2. The first-order valence-corrected chi connectivity index (χ1v) is 8.34. The summed E-state index contributed by atoms with van der Waals surface area (Å²) in [6.45, 7) is 16.1. The number of piperidine rings is 1. The lowest BCUT2D eigenvalue weighted by atomic mass is 9.92. The molecule has 0 bridgehead atoms. The molecule has 1 aliphatic rings. The molecule has 1 fully saturated rings. The van der Waals surface area contributed by atoms with E-state index in [1.165, 1.54) is 30.6 Å². The van der Waals surface area contributed by atoms with Gasteiger partial charge >= 0.3 is 0 Å². The van der Waals surface area contributed by atoms with Crippen LogP contribution in [0.1, 0.15) is 45.2 Å². The molecule has 0 amide bonds. The summed E-state index contributed by atoms with van der Waals surface area (Å²) in [4.78, 5) is 2.62. The van der Waals surface area contributed by atoms with Crippen molar-refractivity contribution in [2.75, 3.05) is 19.6 Å². The second-order valence-electron chi connectivity index (χ2n) is 8.10. The monoisotopic (exact) mass is 288 g/mol. The number of hydrogen-bond donors (Lipinski definition) is 1. The van der Waals surface area contributed by atoms with E-state index in [1.54, 1.807) is 0 Å². The van der Waals surface area contributed by atoms with Crippen LogP contribution in [0.3, 0.4) is 0 Å². The molecule has 0 radical (unpaired) electrons. The maximum absolute atomic E-state index is 3.78. The van der Waals surface area contributed by atoms with Crippen molar-refractivity contribution in [3.05, 3.63) is 35.4 Å². The zero-order valence-corrected chi connectivity index (χ0v) is 14.4. The second kappa shape index (κ2) is 6.93.